The van der Waals surface area contributed by atoms with Gasteiger partial charge < -0.3 is 24.8 Å². The van der Waals surface area contributed by atoms with Gasteiger partial charge in [0.2, 0.25) is 5.76 Å². The summed E-state index contributed by atoms with van der Waals surface area (Å²) in [6, 6.07) is 0. The van der Waals surface area contributed by atoms with Crippen molar-refractivity contribution in [2.45, 2.75) is 57.7 Å². The van der Waals surface area contributed by atoms with Crippen LogP contribution in [-0.4, -0.2) is 46.1 Å². The Hall–Kier alpha value is -1.76. The number of rotatable bonds is 9. The zero-order valence-corrected chi connectivity index (χ0v) is 12.1. The first-order valence-electron chi connectivity index (χ1n) is 7.14. The maximum absolute atomic E-state index is 11.4. The van der Waals surface area contributed by atoms with Crippen LogP contribution < -0.4 is 0 Å². The van der Waals surface area contributed by atoms with E-state index in [1.54, 1.807) is 0 Å². The summed E-state index contributed by atoms with van der Waals surface area (Å²) in [4.78, 5) is 22.4. The molecule has 0 saturated carbocycles. The second-order valence-corrected chi connectivity index (χ2v) is 4.97. The van der Waals surface area contributed by atoms with E-state index in [4.69, 9.17) is 9.84 Å². The highest BCUT2D eigenvalue weighted by molar-refractivity contribution is 5.89. The van der Waals surface area contributed by atoms with Gasteiger partial charge in [-0.25, -0.2) is 4.79 Å². The van der Waals surface area contributed by atoms with Crippen LogP contribution in [0.3, 0.4) is 0 Å². The van der Waals surface area contributed by atoms with Gasteiger partial charge >= 0.3 is 11.9 Å². The lowest BCUT2D eigenvalue weighted by Gasteiger charge is -2.17. The van der Waals surface area contributed by atoms with Gasteiger partial charge in [-0.2, -0.15) is 0 Å². The van der Waals surface area contributed by atoms with E-state index in [1.807, 2.05) is 0 Å². The number of carbonyl (C=O) groups excluding carboxylic acids is 2. The molecule has 7 heteroatoms. The zero-order chi connectivity index (χ0) is 15.8. The summed E-state index contributed by atoms with van der Waals surface area (Å²) in [5, 5.41) is 28.1. The van der Waals surface area contributed by atoms with E-state index in [0.29, 0.717) is 0 Å². The van der Waals surface area contributed by atoms with Gasteiger partial charge in [0.15, 0.2) is 11.9 Å². The van der Waals surface area contributed by atoms with Crippen LogP contribution in [0, 0.1) is 0 Å². The number of ether oxygens (including phenoxy) is 2. The van der Waals surface area contributed by atoms with Crippen LogP contribution in [0.15, 0.2) is 11.5 Å². The van der Waals surface area contributed by atoms with Crippen LogP contribution in [0.25, 0.3) is 0 Å². The number of aliphatic hydroxyl groups excluding tert-OH is 3. The molecule has 0 spiro atoms. The molecule has 0 unspecified atom stereocenters. The molecule has 7 nitrogen and oxygen atoms in total. The lowest BCUT2D eigenvalue weighted by atomic mass is 10.1. The highest BCUT2D eigenvalue weighted by Gasteiger charge is 2.39. The minimum absolute atomic E-state index is 0.258. The molecule has 1 heterocycles. The number of hydrogen-bond donors (Lipinski definition) is 3. The number of hydrogen-bond acceptors (Lipinski definition) is 7. The highest BCUT2D eigenvalue weighted by Crippen LogP contribution is 2.21. The van der Waals surface area contributed by atoms with Crippen molar-refractivity contribution in [3.8, 4) is 0 Å². The number of aliphatic hydroxyl groups is 3. The number of cyclic esters (lactones) is 1. The molecule has 0 aromatic rings. The summed E-state index contributed by atoms with van der Waals surface area (Å²) in [5.41, 5.74) is 0. The molecule has 0 bridgehead atoms. The summed E-state index contributed by atoms with van der Waals surface area (Å²) in [5.74, 6) is -3.24. The van der Waals surface area contributed by atoms with Gasteiger partial charge in [0.1, 0.15) is 12.7 Å². The number of unbranched alkanes of at least 4 members (excludes halogenated alkanes) is 4. The van der Waals surface area contributed by atoms with E-state index in [1.165, 1.54) is 0 Å². The molecule has 0 aromatic carbocycles. The van der Waals surface area contributed by atoms with E-state index < -0.39 is 42.3 Å². The predicted molar refractivity (Wildman–Crippen MR) is 72.5 cm³/mol. The Bertz CT molecular complexity index is 402. The Labute approximate surface area is 123 Å². The molecule has 1 aliphatic heterocycles. The SMILES string of the molecule is CCCCCCCC(=O)OC[C@@H](O)[C@H]1OC(=O)C(O)=C1O. The van der Waals surface area contributed by atoms with Crippen molar-refractivity contribution in [2.75, 3.05) is 6.61 Å². The topological polar surface area (TPSA) is 113 Å². The molecule has 1 rings (SSSR count). The quantitative estimate of drug-likeness (QED) is 0.437. The summed E-state index contributed by atoms with van der Waals surface area (Å²) in [6.07, 6.45) is 2.45. The Morgan fingerprint density at radius 3 is 2.52 bits per heavy atom. The summed E-state index contributed by atoms with van der Waals surface area (Å²) in [6.45, 7) is 1.69. The van der Waals surface area contributed by atoms with Crippen molar-refractivity contribution in [1.29, 1.82) is 0 Å². The van der Waals surface area contributed by atoms with Crippen molar-refractivity contribution < 1.29 is 34.4 Å². The Morgan fingerprint density at radius 2 is 1.95 bits per heavy atom. The van der Waals surface area contributed by atoms with Gasteiger partial charge in [-0.1, -0.05) is 32.6 Å². The lowest BCUT2D eigenvalue weighted by Crippen LogP contribution is -2.33. The summed E-state index contributed by atoms with van der Waals surface area (Å²) >= 11 is 0. The van der Waals surface area contributed by atoms with E-state index in [9.17, 15) is 19.8 Å². The third-order valence-electron chi connectivity index (χ3n) is 3.19. The van der Waals surface area contributed by atoms with E-state index in [0.717, 1.165) is 32.1 Å². The smallest absolute Gasteiger partial charge is 0.377 e. The fourth-order valence-electron chi connectivity index (χ4n) is 1.94. The van der Waals surface area contributed by atoms with Gasteiger partial charge in [-0.05, 0) is 6.42 Å². The molecule has 3 N–H and O–H groups in total. The Kier molecular flexibility index (Phi) is 7.01. The molecule has 21 heavy (non-hydrogen) atoms. The largest absolute Gasteiger partial charge is 0.505 e. The highest BCUT2D eigenvalue weighted by atomic mass is 16.6. The minimum atomic E-state index is -1.41. The first kappa shape index (κ1) is 17.3. The predicted octanol–water partition coefficient (Wildman–Crippen LogP) is 1.50. The molecule has 120 valence electrons. The van der Waals surface area contributed by atoms with Crippen LogP contribution in [0.1, 0.15) is 45.4 Å². The Balaban J connectivity index is 2.23. The van der Waals surface area contributed by atoms with Crippen molar-refractivity contribution in [2.24, 2.45) is 0 Å². The maximum atomic E-state index is 11.4. The van der Waals surface area contributed by atoms with Crippen molar-refractivity contribution >= 4 is 11.9 Å². The average molecular weight is 302 g/mol. The molecule has 0 fully saturated rings. The first-order chi connectivity index (χ1) is 9.97. The fraction of sp³-hybridized carbons (Fsp3) is 0.714. The monoisotopic (exact) mass is 302 g/mol. The van der Waals surface area contributed by atoms with Crippen LogP contribution in [-0.2, 0) is 19.1 Å². The number of carbonyl (C=O) groups is 2. The normalized spacial score (nSPS) is 19.5. The van der Waals surface area contributed by atoms with E-state index in [2.05, 4.69) is 11.7 Å². The van der Waals surface area contributed by atoms with E-state index in [-0.39, 0.29) is 6.42 Å². The summed E-state index contributed by atoms with van der Waals surface area (Å²) < 4.78 is 9.40. The van der Waals surface area contributed by atoms with Gasteiger partial charge in [-0.15, -0.1) is 0 Å². The molecule has 0 radical (unpaired) electrons. The molecule has 0 aromatic heterocycles. The van der Waals surface area contributed by atoms with Crippen molar-refractivity contribution in [3.05, 3.63) is 11.5 Å². The summed E-state index contributed by atoms with van der Waals surface area (Å²) in [7, 11) is 0. The van der Waals surface area contributed by atoms with Crippen molar-refractivity contribution in [3.63, 3.8) is 0 Å². The molecular formula is C14H22O7. The van der Waals surface area contributed by atoms with Crippen LogP contribution in [0.2, 0.25) is 0 Å². The lowest BCUT2D eigenvalue weighted by molar-refractivity contribution is -0.154. The van der Waals surface area contributed by atoms with Gasteiger partial charge in [0.05, 0.1) is 0 Å². The van der Waals surface area contributed by atoms with Gasteiger partial charge in [-0.3, -0.25) is 4.79 Å². The molecule has 0 amide bonds. The average Bonchev–Trinajstić information content (AvgIpc) is 2.72. The first-order valence-corrected chi connectivity index (χ1v) is 7.14. The molecule has 0 saturated heterocycles. The molecular weight excluding hydrogens is 280 g/mol. The number of esters is 2. The molecule has 2 atom stereocenters. The standard InChI is InChI=1S/C14H22O7/c1-2-3-4-5-6-7-10(16)20-8-9(15)13-11(17)12(18)14(19)21-13/h9,13,15,17-18H,2-8H2,1H3/t9-,13-/m1/s1. The molecule has 0 aliphatic carbocycles. The van der Waals surface area contributed by atoms with Crippen LogP contribution in [0.5, 0.6) is 0 Å². The van der Waals surface area contributed by atoms with Crippen molar-refractivity contribution in [1.82, 2.24) is 0 Å². The van der Waals surface area contributed by atoms with E-state index >= 15 is 0 Å². The maximum Gasteiger partial charge on any atom is 0.377 e. The van der Waals surface area contributed by atoms with Crippen LogP contribution in [0.4, 0.5) is 0 Å². The Morgan fingerprint density at radius 1 is 1.29 bits per heavy atom. The minimum Gasteiger partial charge on any atom is -0.505 e. The fourth-order valence-corrected chi connectivity index (χ4v) is 1.94. The third kappa shape index (κ3) is 5.26. The van der Waals surface area contributed by atoms with Gasteiger partial charge in [0, 0.05) is 6.42 Å². The molecule has 1 aliphatic rings. The van der Waals surface area contributed by atoms with Gasteiger partial charge in [0.25, 0.3) is 0 Å². The zero-order valence-electron chi connectivity index (χ0n) is 12.1. The third-order valence-corrected chi connectivity index (χ3v) is 3.19. The second kappa shape index (κ2) is 8.51. The second-order valence-electron chi connectivity index (χ2n) is 4.97. The van der Waals surface area contributed by atoms with Crippen LogP contribution >= 0.6 is 0 Å².